The van der Waals surface area contributed by atoms with Crippen LogP contribution in [-0.4, -0.2) is 54.7 Å². The minimum atomic E-state index is -0.737. The third-order valence-electron chi connectivity index (χ3n) is 7.45. The molecule has 1 amide bonds. The molecule has 1 unspecified atom stereocenters. The van der Waals surface area contributed by atoms with Crippen LogP contribution in [0.1, 0.15) is 5.56 Å². The minimum absolute atomic E-state index is 0.0528. The number of aromatic hydroxyl groups is 1. The van der Waals surface area contributed by atoms with Crippen LogP contribution in [0, 0.1) is 28.8 Å². The Morgan fingerprint density at radius 1 is 0.973 bits per heavy atom. The molecule has 6 nitrogen and oxygen atoms in total. The van der Waals surface area contributed by atoms with Gasteiger partial charge in [0.2, 0.25) is 5.91 Å². The van der Waals surface area contributed by atoms with E-state index in [0.29, 0.717) is 44.8 Å². The molecule has 0 bridgehead atoms. The Morgan fingerprint density at radius 2 is 1.62 bits per heavy atom. The number of phenolic OH excluding ortho intramolecular Hbond substituents is 1. The number of phenols is 1. The van der Waals surface area contributed by atoms with Gasteiger partial charge in [0.1, 0.15) is 23.2 Å². The molecule has 9 heteroatoms. The Bertz CT molecular complexity index is 1240. The second-order valence-corrected chi connectivity index (χ2v) is 10.1. The Kier molecular flexibility index (Phi) is 6.72. The number of hydrogen-bond acceptors (Lipinski definition) is 5. The number of carbonyl (C=O) groups is 1. The molecule has 2 fully saturated rings. The van der Waals surface area contributed by atoms with Crippen LogP contribution < -0.4 is 16.0 Å². The van der Waals surface area contributed by atoms with E-state index in [4.69, 9.17) is 5.73 Å². The summed E-state index contributed by atoms with van der Waals surface area (Å²) in [6.45, 7) is 2.61. The highest BCUT2D eigenvalue weighted by Gasteiger charge is 2.55. The summed E-state index contributed by atoms with van der Waals surface area (Å²) in [5.41, 5.74) is 8.12. The highest BCUT2D eigenvalue weighted by molar-refractivity contribution is 5.82. The summed E-state index contributed by atoms with van der Waals surface area (Å²) in [6.07, 6.45) is 0.343. The zero-order chi connectivity index (χ0) is 26.2. The largest absolute Gasteiger partial charge is 0.508 e. The SMILES string of the molecule is N[C@H](Cc1ccc(O)cc1)C(=O)N1CC(CNc2ccc(F)cc2)C2(C1)CN(c1cc(F)cc(F)c1)C2. The Labute approximate surface area is 213 Å². The molecule has 2 saturated heterocycles. The molecule has 4 N–H and O–H groups in total. The van der Waals surface area contributed by atoms with Crippen LogP contribution >= 0.6 is 0 Å². The predicted molar refractivity (Wildman–Crippen MR) is 136 cm³/mol. The van der Waals surface area contributed by atoms with Crippen LogP contribution in [-0.2, 0) is 11.2 Å². The molecule has 1 spiro atoms. The van der Waals surface area contributed by atoms with Crippen molar-refractivity contribution in [3.05, 3.63) is 89.7 Å². The van der Waals surface area contributed by atoms with Crippen molar-refractivity contribution in [3.8, 4) is 5.75 Å². The number of halogens is 3. The average molecular weight is 511 g/mol. The number of amides is 1. The first-order valence-electron chi connectivity index (χ1n) is 12.2. The summed E-state index contributed by atoms with van der Waals surface area (Å²) in [7, 11) is 0. The van der Waals surface area contributed by atoms with E-state index in [1.165, 1.54) is 24.3 Å². The number of rotatable bonds is 7. The number of carbonyl (C=O) groups excluding carboxylic acids is 1. The maximum absolute atomic E-state index is 13.8. The van der Waals surface area contributed by atoms with Crippen LogP contribution in [0.15, 0.2) is 66.7 Å². The van der Waals surface area contributed by atoms with Gasteiger partial charge in [0.25, 0.3) is 0 Å². The number of nitrogens with one attached hydrogen (secondary N) is 1. The molecule has 3 aromatic carbocycles. The Hall–Kier alpha value is -3.72. The molecule has 37 heavy (non-hydrogen) atoms. The van der Waals surface area contributed by atoms with Crippen LogP contribution in [0.25, 0.3) is 0 Å². The molecule has 5 rings (SSSR count). The van der Waals surface area contributed by atoms with Gasteiger partial charge in [-0.25, -0.2) is 13.2 Å². The Morgan fingerprint density at radius 3 is 2.27 bits per heavy atom. The van der Waals surface area contributed by atoms with Crippen LogP contribution in [0.2, 0.25) is 0 Å². The van der Waals surface area contributed by atoms with E-state index in [-0.39, 0.29) is 28.8 Å². The molecule has 0 aliphatic carbocycles. The zero-order valence-electron chi connectivity index (χ0n) is 20.2. The lowest BCUT2D eigenvalue weighted by Gasteiger charge is -2.52. The predicted octanol–water partition coefficient (Wildman–Crippen LogP) is 3.76. The van der Waals surface area contributed by atoms with Gasteiger partial charge in [-0.2, -0.15) is 0 Å². The van der Waals surface area contributed by atoms with Gasteiger partial charge in [0, 0.05) is 61.5 Å². The molecule has 0 aromatic heterocycles. The minimum Gasteiger partial charge on any atom is -0.508 e. The van der Waals surface area contributed by atoms with Gasteiger partial charge >= 0.3 is 0 Å². The molecule has 2 atom stereocenters. The van der Waals surface area contributed by atoms with Crippen molar-refractivity contribution in [2.45, 2.75) is 12.5 Å². The first-order valence-corrected chi connectivity index (χ1v) is 12.2. The van der Waals surface area contributed by atoms with Gasteiger partial charge in [-0.15, -0.1) is 0 Å². The van der Waals surface area contributed by atoms with Gasteiger partial charge in [-0.05, 0) is 60.5 Å². The first kappa shape index (κ1) is 25.0. The highest BCUT2D eigenvalue weighted by atomic mass is 19.1. The summed E-state index contributed by atoms with van der Waals surface area (Å²) >= 11 is 0. The maximum Gasteiger partial charge on any atom is 0.239 e. The number of anilines is 2. The van der Waals surface area contributed by atoms with Gasteiger partial charge < -0.3 is 26.0 Å². The first-order chi connectivity index (χ1) is 17.7. The maximum atomic E-state index is 13.8. The molecule has 2 aliphatic rings. The van der Waals surface area contributed by atoms with E-state index >= 15 is 0 Å². The fourth-order valence-corrected chi connectivity index (χ4v) is 5.48. The monoisotopic (exact) mass is 510 g/mol. The van der Waals surface area contributed by atoms with Crippen LogP contribution in [0.3, 0.4) is 0 Å². The highest BCUT2D eigenvalue weighted by Crippen LogP contribution is 2.46. The van der Waals surface area contributed by atoms with E-state index in [9.17, 15) is 23.1 Å². The lowest BCUT2D eigenvalue weighted by molar-refractivity contribution is -0.132. The molecule has 0 saturated carbocycles. The van der Waals surface area contributed by atoms with Crippen molar-refractivity contribution >= 4 is 17.3 Å². The molecule has 194 valence electrons. The second kappa shape index (κ2) is 9.97. The summed E-state index contributed by atoms with van der Waals surface area (Å²) in [5.74, 6) is -1.54. The fraction of sp³-hybridized carbons (Fsp3) is 0.321. The lowest BCUT2D eigenvalue weighted by atomic mass is 9.71. The standard InChI is InChI=1S/C28H29F3N4O2/c29-20-3-5-23(6-4-20)33-13-19-14-34(27(37)26(32)9-18-1-7-25(36)8-2-18)15-28(19)16-35(17-28)24-11-21(30)10-22(31)12-24/h1-8,10-12,19,26,33,36H,9,13-17,32H2/t19?,26-/m1/s1. The van der Waals surface area contributed by atoms with Crippen molar-refractivity contribution in [2.75, 3.05) is 42.9 Å². The van der Waals surface area contributed by atoms with Gasteiger partial charge in [0.15, 0.2) is 0 Å². The third kappa shape index (κ3) is 5.36. The number of benzene rings is 3. The van der Waals surface area contributed by atoms with E-state index in [2.05, 4.69) is 5.32 Å². The number of nitrogens with zero attached hydrogens (tertiary/aromatic N) is 2. The molecule has 3 aromatic rings. The quantitative estimate of drug-likeness (QED) is 0.451. The fourth-order valence-electron chi connectivity index (χ4n) is 5.48. The molecule has 2 aliphatic heterocycles. The van der Waals surface area contributed by atoms with Gasteiger partial charge in [-0.3, -0.25) is 4.79 Å². The normalized spacial score (nSPS) is 19.1. The van der Waals surface area contributed by atoms with Crippen molar-refractivity contribution in [1.82, 2.24) is 4.90 Å². The molecule has 2 heterocycles. The van der Waals surface area contributed by atoms with Crippen molar-refractivity contribution in [1.29, 1.82) is 0 Å². The number of hydrogen-bond donors (Lipinski definition) is 3. The van der Waals surface area contributed by atoms with Crippen molar-refractivity contribution in [3.63, 3.8) is 0 Å². The van der Waals surface area contributed by atoms with E-state index in [1.54, 1.807) is 41.3 Å². The zero-order valence-corrected chi connectivity index (χ0v) is 20.2. The van der Waals surface area contributed by atoms with Crippen LogP contribution in [0.5, 0.6) is 5.75 Å². The average Bonchev–Trinajstić information content (AvgIpc) is 3.23. The topological polar surface area (TPSA) is 81.8 Å². The Balaban J connectivity index is 1.30. The van der Waals surface area contributed by atoms with Crippen LogP contribution in [0.4, 0.5) is 24.5 Å². The lowest BCUT2D eigenvalue weighted by Crippen LogP contribution is -2.61. The van der Waals surface area contributed by atoms with Gasteiger partial charge in [-0.1, -0.05) is 12.1 Å². The molecular weight excluding hydrogens is 481 g/mol. The summed E-state index contributed by atoms with van der Waals surface area (Å²) < 4.78 is 40.9. The molecular formula is C28H29F3N4O2. The molecule has 0 radical (unpaired) electrons. The summed E-state index contributed by atoms with van der Waals surface area (Å²) in [4.78, 5) is 17.0. The second-order valence-electron chi connectivity index (χ2n) is 10.1. The smallest absolute Gasteiger partial charge is 0.239 e. The van der Waals surface area contributed by atoms with Gasteiger partial charge in [0.05, 0.1) is 6.04 Å². The number of likely N-dealkylation sites (tertiary alicyclic amines) is 1. The number of nitrogens with two attached hydrogens (primary N) is 1. The summed E-state index contributed by atoms with van der Waals surface area (Å²) in [6, 6.07) is 15.4. The van der Waals surface area contributed by atoms with E-state index in [1.807, 2.05) is 4.90 Å². The van der Waals surface area contributed by atoms with E-state index in [0.717, 1.165) is 17.3 Å². The summed E-state index contributed by atoms with van der Waals surface area (Å²) in [5, 5.41) is 12.8. The van der Waals surface area contributed by atoms with Crippen molar-refractivity contribution in [2.24, 2.45) is 17.1 Å². The van der Waals surface area contributed by atoms with E-state index < -0.39 is 17.7 Å². The third-order valence-corrected chi connectivity index (χ3v) is 7.45. The van der Waals surface area contributed by atoms with Crippen molar-refractivity contribution < 1.29 is 23.1 Å².